The molecule has 2 atom stereocenters. The van der Waals surface area contributed by atoms with E-state index < -0.39 is 29.7 Å². The lowest BCUT2D eigenvalue weighted by Gasteiger charge is -2.19. The lowest BCUT2D eigenvalue weighted by atomic mass is 10.00. The quantitative estimate of drug-likeness (QED) is 0.752. The van der Waals surface area contributed by atoms with Gasteiger partial charge in [0.25, 0.3) is 5.91 Å². The molecule has 0 unspecified atom stereocenters. The van der Waals surface area contributed by atoms with Crippen LogP contribution in [-0.4, -0.2) is 30.4 Å². The Bertz CT molecular complexity index is 783. The summed E-state index contributed by atoms with van der Waals surface area (Å²) in [5.41, 5.74) is 5.84. The Morgan fingerprint density at radius 3 is 2.48 bits per heavy atom. The monoisotopic (exact) mass is 342 g/mol. The first-order chi connectivity index (χ1) is 11.9. The Balaban J connectivity index is 2.17. The summed E-state index contributed by atoms with van der Waals surface area (Å²) in [6.07, 6.45) is 0.0880. The van der Waals surface area contributed by atoms with Gasteiger partial charge in [-0.25, -0.2) is 0 Å². The maximum absolute atomic E-state index is 12.6. The first-order valence-electron chi connectivity index (χ1n) is 8.18. The number of hydrogen-bond acceptors (Lipinski definition) is 4. The van der Waals surface area contributed by atoms with Gasteiger partial charge in [0.1, 0.15) is 6.04 Å². The summed E-state index contributed by atoms with van der Waals surface area (Å²) in [5.74, 6) is -2.07. The van der Waals surface area contributed by atoms with Crippen molar-refractivity contribution in [2.75, 3.05) is 6.61 Å². The van der Waals surface area contributed by atoms with Crippen molar-refractivity contribution >= 4 is 28.6 Å². The van der Waals surface area contributed by atoms with E-state index in [0.29, 0.717) is 5.56 Å². The Hall–Kier alpha value is -2.89. The van der Waals surface area contributed by atoms with Gasteiger partial charge in [0.2, 0.25) is 5.91 Å². The number of nitrogens with two attached hydrogens (primary N) is 1. The van der Waals surface area contributed by atoms with Gasteiger partial charge in [-0.1, -0.05) is 43.3 Å². The number of ether oxygens (including phenoxy) is 1. The highest BCUT2D eigenvalue weighted by Gasteiger charge is 2.26. The number of rotatable bonds is 7. The minimum atomic E-state index is -0.953. The zero-order valence-corrected chi connectivity index (χ0v) is 14.3. The number of primary amides is 1. The van der Waals surface area contributed by atoms with E-state index in [4.69, 9.17) is 10.5 Å². The molecule has 2 amide bonds. The van der Waals surface area contributed by atoms with Gasteiger partial charge in [-0.15, -0.1) is 0 Å². The smallest absolute Gasteiger partial charge is 0.308 e. The predicted octanol–water partition coefficient (Wildman–Crippen LogP) is 2.01. The van der Waals surface area contributed by atoms with Crippen LogP contribution in [0.5, 0.6) is 0 Å². The highest BCUT2D eigenvalue weighted by molar-refractivity contribution is 6.08. The van der Waals surface area contributed by atoms with Crippen LogP contribution in [-0.2, 0) is 14.3 Å². The van der Waals surface area contributed by atoms with Crippen molar-refractivity contribution in [3.05, 3.63) is 48.0 Å². The summed E-state index contributed by atoms with van der Waals surface area (Å²) >= 11 is 0. The van der Waals surface area contributed by atoms with E-state index in [1.165, 1.54) is 0 Å². The first kappa shape index (κ1) is 18.4. The molecular formula is C19H22N2O4. The fourth-order valence-electron chi connectivity index (χ4n) is 2.64. The SMILES string of the molecule is CCOC(=O)[C@@H](C)C[C@H](NC(=O)c1cccc2ccccc12)C(N)=O. The van der Waals surface area contributed by atoms with Gasteiger partial charge < -0.3 is 15.8 Å². The van der Waals surface area contributed by atoms with Crippen molar-refractivity contribution in [1.29, 1.82) is 0 Å². The number of amides is 2. The topological polar surface area (TPSA) is 98.5 Å². The number of benzene rings is 2. The molecule has 0 radical (unpaired) electrons. The van der Waals surface area contributed by atoms with Crippen molar-refractivity contribution in [2.24, 2.45) is 11.7 Å². The number of esters is 1. The first-order valence-corrected chi connectivity index (χ1v) is 8.18. The van der Waals surface area contributed by atoms with Crippen molar-refractivity contribution in [1.82, 2.24) is 5.32 Å². The highest BCUT2D eigenvalue weighted by Crippen LogP contribution is 2.19. The van der Waals surface area contributed by atoms with Crippen LogP contribution in [0.1, 0.15) is 30.6 Å². The fourth-order valence-corrected chi connectivity index (χ4v) is 2.64. The van der Waals surface area contributed by atoms with Gasteiger partial charge in [0.15, 0.2) is 0 Å². The van der Waals surface area contributed by atoms with Gasteiger partial charge in [-0.05, 0) is 30.2 Å². The van der Waals surface area contributed by atoms with Crippen LogP contribution < -0.4 is 11.1 Å². The van der Waals surface area contributed by atoms with Gasteiger partial charge in [-0.2, -0.15) is 0 Å². The summed E-state index contributed by atoms with van der Waals surface area (Å²) in [7, 11) is 0. The fraction of sp³-hybridized carbons (Fsp3) is 0.316. The average Bonchev–Trinajstić information content (AvgIpc) is 2.60. The summed E-state index contributed by atoms with van der Waals surface area (Å²) in [4.78, 5) is 36.1. The minimum Gasteiger partial charge on any atom is -0.466 e. The lowest BCUT2D eigenvalue weighted by Crippen LogP contribution is -2.46. The third kappa shape index (κ3) is 4.56. The second kappa shape index (κ2) is 8.28. The normalized spacial score (nSPS) is 13.0. The van der Waals surface area contributed by atoms with E-state index in [2.05, 4.69) is 5.32 Å². The highest BCUT2D eigenvalue weighted by atomic mass is 16.5. The predicted molar refractivity (Wildman–Crippen MR) is 94.8 cm³/mol. The molecule has 3 N–H and O–H groups in total. The zero-order valence-electron chi connectivity index (χ0n) is 14.3. The van der Waals surface area contributed by atoms with E-state index >= 15 is 0 Å². The number of nitrogens with one attached hydrogen (secondary N) is 1. The van der Waals surface area contributed by atoms with Crippen LogP contribution in [0.25, 0.3) is 10.8 Å². The number of carbonyl (C=O) groups is 3. The zero-order chi connectivity index (χ0) is 18.4. The molecule has 0 bridgehead atoms. The summed E-state index contributed by atoms with van der Waals surface area (Å²) in [6, 6.07) is 11.9. The molecule has 0 aromatic heterocycles. The molecular weight excluding hydrogens is 320 g/mol. The Morgan fingerprint density at radius 1 is 1.12 bits per heavy atom. The molecule has 0 saturated heterocycles. The maximum atomic E-state index is 12.6. The summed E-state index contributed by atoms with van der Waals surface area (Å²) in [5, 5.41) is 4.34. The molecule has 0 heterocycles. The summed E-state index contributed by atoms with van der Waals surface area (Å²) < 4.78 is 4.93. The van der Waals surface area contributed by atoms with E-state index in [0.717, 1.165) is 10.8 Å². The molecule has 0 saturated carbocycles. The maximum Gasteiger partial charge on any atom is 0.308 e. The van der Waals surface area contributed by atoms with Crippen LogP contribution in [0.3, 0.4) is 0 Å². The standard InChI is InChI=1S/C19H22N2O4/c1-3-25-19(24)12(2)11-16(17(20)22)21-18(23)15-10-6-8-13-7-4-5-9-14(13)15/h4-10,12,16H,3,11H2,1-2H3,(H2,20,22)(H,21,23)/t12-,16-/m0/s1. The van der Waals surface area contributed by atoms with Crippen molar-refractivity contribution in [2.45, 2.75) is 26.3 Å². The molecule has 0 aliphatic heterocycles. The molecule has 2 aromatic carbocycles. The number of carbonyl (C=O) groups excluding carboxylic acids is 3. The molecule has 25 heavy (non-hydrogen) atoms. The van der Waals surface area contributed by atoms with Crippen molar-refractivity contribution in [3.8, 4) is 0 Å². The van der Waals surface area contributed by atoms with Crippen LogP contribution >= 0.6 is 0 Å². The second-order valence-corrected chi connectivity index (χ2v) is 5.84. The molecule has 2 rings (SSSR count). The Morgan fingerprint density at radius 2 is 1.80 bits per heavy atom. The van der Waals surface area contributed by atoms with Gasteiger partial charge >= 0.3 is 5.97 Å². The molecule has 6 heteroatoms. The van der Waals surface area contributed by atoms with E-state index in [9.17, 15) is 14.4 Å². The lowest BCUT2D eigenvalue weighted by molar-refractivity contribution is -0.147. The van der Waals surface area contributed by atoms with Crippen molar-refractivity contribution < 1.29 is 19.1 Å². The third-order valence-corrected chi connectivity index (χ3v) is 3.96. The molecule has 132 valence electrons. The number of hydrogen-bond donors (Lipinski definition) is 2. The van der Waals surface area contributed by atoms with E-state index in [-0.39, 0.29) is 13.0 Å². The van der Waals surface area contributed by atoms with E-state index in [1.54, 1.807) is 26.0 Å². The van der Waals surface area contributed by atoms with Gasteiger partial charge in [-0.3, -0.25) is 14.4 Å². The van der Waals surface area contributed by atoms with Crippen LogP contribution in [0, 0.1) is 5.92 Å². The third-order valence-electron chi connectivity index (χ3n) is 3.96. The average molecular weight is 342 g/mol. The molecule has 6 nitrogen and oxygen atoms in total. The van der Waals surface area contributed by atoms with Crippen LogP contribution in [0.4, 0.5) is 0 Å². The number of fused-ring (bicyclic) bond motifs is 1. The molecule has 0 fully saturated rings. The van der Waals surface area contributed by atoms with Gasteiger partial charge in [0, 0.05) is 5.56 Å². The molecule has 0 aliphatic carbocycles. The molecule has 0 aliphatic rings. The summed E-state index contributed by atoms with van der Waals surface area (Å²) in [6.45, 7) is 3.60. The minimum absolute atomic E-state index is 0.0880. The molecule has 2 aromatic rings. The van der Waals surface area contributed by atoms with Crippen LogP contribution in [0.2, 0.25) is 0 Å². The van der Waals surface area contributed by atoms with Gasteiger partial charge in [0.05, 0.1) is 12.5 Å². The second-order valence-electron chi connectivity index (χ2n) is 5.84. The molecule has 0 spiro atoms. The van der Waals surface area contributed by atoms with Crippen LogP contribution in [0.15, 0.2) is 42.5 Å². The van der Waals surface area contributed by atoms with E-state index in [1.807, 2.05) is 30.3 Å². The largest absolute Gasteiger partial charge is 0.466 e. The van der Waals surface area contributed by atoms with Crippen molar-refractivity contribution in [3.63, 3.8) is 0 Å². The Labute approximate surface area is 146 Å². The Kier molecular flexibility index (Phi) is 6.11.